The van der Waals surface area contributed by atoms with Crippen molar-refractivity contribution in [2.45, 2.75) is 0 Å². The fourth-order valence-electron chi connectivity index (χ4n) is 1.29. The van der Waals surface area contributed by atoms with Gasteiger partial charge in [-0.1, -0.05) is 11.3 Å². The van der Waals surface area contributed by atoms with Crippen molar-refractivity contribution in [2.24, 2.45) is 0 Å². The van der Waals surface area contributed by atoms with Crippen LogP contribution in [0.2, 0.25) is 0 Å². The van der Waals surface area contributed by atoms with Crippen molar-refractivity contribution in [3.8, 4) is 6.07 Å². The Morgan fingerprint density at radius 2 is 2.06 bits per heavy atom. The molecule has 4 nitrogen and oxygen atoms in total. The molecule has 0 saturated carbocycles. The van der Waals surface area contributed by atoms with Gasteiger partial charge < -0.3 is 4.90 Å². The lowest BCUT2D eigenvalue weighted by Gasteiger charge is -2.05. The van der Waals surface area contributed by atoms with Gasteiger partial charge in [0.15, 0.2) is 0 Å². The molecule has 0 aliphatic carbocycles. The van der Waals surface area contributed by atoms with E-state index >= 15 is 0 Å². The van der Waals surface area contributed by atoms with Gasteiger partial charge in [0.05, 0.1) is 17.5 Å². The Balaban J connectivity index is 2.12. The summed E-state index contributed by atoms with van der Waals surface area (Å²) in [6.45, 7) is 0. The predicted octanol–water partition coefficient (Wildman–Crippen LogP) is 2.65. The van der Waals surface area contributed by atoms with Crippen molar-refractivity contribution in [3.63, 3.8) is 0 Å². The summed E-state index contributed by atoms with van der Waals surface area (Å²) in [5, 5.41) is 10.7. The van der Waals surface area contributed by atoms with E-state index in [-0.39, 0.29) is 0 Å². The van der Waals surface area contributed by atoms with Crippen molar-refractivity contribution < 1.29 is 0 Å². The maximum atomic E-state index is 8.67. The lowest BCUT2D eigenvalue weighted by atomic mass is 10.2. The standard InChI is InChI=1S/C13H12N4S/c1-17(2)13-9-16-12(18-13)6-5-11-4-3-10(7-14)8-15-11/h3-6,8-9H,1-2H3/b6-5+. The summed E-state index contributed by atoms with van der Waals surface area (Å²) >= 11 is 1.62. The van der Waals surface area contributed by atoms with Crippen LogP contribution in [0.25, 0.3) is 12.2 Å². The van der Waals surface area contributed by atoms with Crippen LogP contribution in [0.15, 0.2) is 24.5 Å². The van der Waals surface area contributed by atoms with Crippen LogP contribution in [-0.2, 0) is 0 Å². The van der Waals surface area contributed by atoms with Gasteiger partial charge >= 0.3 is 0 Å². The Bertz CT molecular complexity index is 590. The molecule has 0 unspecified atom stereocenters. The third-order valence-electron chi connectivity index (χ3n) is 2.26. The minimum Gasteiger partial charge on any atom is -0.368 e. The average molecular weight is 256 g/mol. The van der Waals surface area contributed by atoms with Gasteiger partial charge in [0.25, 0.3) is 0 Å². The van der Waals surface area contributed by atoms with Gasteiger partial charge in [-0.2, -0.15) is 5.26 Å². The highest BCUT2D eigenvalue weighted by molar-refractivity contribution is 7.16. The molecule has 5 heteroatoms. The van der Waals surface area contributed by atoms with E-state index in [1.165, 1.54) is 0 Å². The molecule has 0 aliphatic heterocycles. The minimum absolute atomic E-state index is 0.566. The summed E-state index contributed by atoms with van der Waals surface area (Å²) in [6, 6.07) is 5.61. The Labute approximate surface area is 110 Å². The highest BCUT2D eigenvalue weighted by Crippen LogP contribution is 2.22. The molecule has 2 rings (SSSR count). The Morgan fingerprint density at radius 1 is 1.22 bits per heavy atom. The summed E-state index contributed by atoms with van der Waals surface area (Å²) < 4.78 is 0. The summed E-state index contributed by atoms with van der Waals surface area (Å²) in [5.41, 5.74) is 1.38. The number of pyridine rings is 1. The normalized spacial score (nSPS) is 10.5. The molecular weight excluding hydrogens is 244 g/mol. The van der Waals surface area contributed by atoms with Gasteiger partial charge in [-0.25, -0.2) is 4.98 Å². The molecule has 2 heterocycles. The van der Waals surface area contributed by atoms with Gasteiger partial charge in [-0.3, -0.25) is 4.98 Å². The van der Waals surface area contributed by atoms with E-state index in [0.29, 0.717) is 5.56 Å². The lowest BCUT2D eigenvalue weighted by Crippen LogP contribution is -2.05. The Kier molecular flexibility index (Phi) is 3.70. The van der Waals surface area contributed by atoms with Crippen LogP contribution in [0.1, 0.15) is 16.3 Å². The van der Waals surface area contributed by atoms with Crippen molar-refractivity contribution in [2.75, 3.05) is 19.0 Å². The topological polar surface area (TPSA) is 52.8 Å². The molecule has 0 aliphatic rings. The van der Waals surface area contributed by atoms with Crippen LogP contribution >= 0.6 is 11.3 Å². The minimum atomic E-state index is 0.566. The highest BCUT2D eigenvalue weighted by atomic mass is 32.1. The second-order valence-electron chi connectivity index (χ2n) is 3.85. The van der Waals surface area contributed by atoms with Crippen LogP contribution in [-0.4, -0.2) is 24.1 Å². The fourth-order valence-corrected chi connectivity index (χ4v) is 2.03. The predicted molar refractivity (Wildman–Crippen MR) is 74.3 cm³/mol. The summed E-state index contributed by atoms with van der Waals surface area (Å²) in [6.07, 6.45) is 7.22. The van der Waals surface area contributed by atoms with Crippen LogP contribution < -0.4 is 4.90 Å². The number of rotatable bonds is 3. The molecule has 2 aromatic heterocycles. The monoisotopic (exact) mass is 256 g/mol. The van der Waals surface area contributed by atoms with Crippen molar-refractivity contribution in [1.82, 2.24) is 9.97 Å². The van der Waals surface area contributed by atoms with Crippen molar-refractivity contribution >= 4 is 28.5 Å². The van der Waals surface area contributed by atoms with Crippen molar-refractivity contribution in [3.05, 3.63) is 40.8 Å². The molecule has 0 spiro atoms. The van der Waals surface area contributed by atoms with E-state index in [4.69, 9.17) is 5.26 Å². The maximum Gasteiger partial charge on any atom is 0.118 e. The molecular formula is C13H12N4S. The first-order valence-corrected chi connectivity index (χ1v) is 6.18. The molecule has 0 aromatic carbocycles. The number of thiazole rings is 1. The summed E-state index contributed by atoms with van der Waals surface area (Å²) in [5.74, 6) is 0. The number of hydrogen-bond acceptors (Lipinski definition) is 5. The molecule has 18 heavy (non-hydrogen) atoms. The van der Waals surface area contributed by atoms with E-state index in [0.717, 1.165) is 15.7 Å². The van der Waals surface area contributed by atoms with Crippen LogP contribution in [0.3, 0.4) is 0 Å². The molecule has 0 radical (unpaired) electrons. The molecule has 2 aromatic rings. The van der Waals surface area contributed by atoms with Crippen LogP contribution in [0.4, 0.5) is 5.00 Å². The first kappa shape index (κ1) is 12.3. The zero-order chi connectivity index (χ0) is 13.0. The van der Waals surface area contributed by atoms with E-state index < -0.39 is 0 Å². The van der Waals surface area contributed by atoms with E-state index in [2.05, 4.69) is 9.97 Å². The van der Waals surface area contributed by atoms with Gasteiger partial charge in [-0.15, -0.1) is 0 Å². The SMILES string of the molecule is CN(C)c1cnc(/C=C/c2ccc(C#N)cn2)s1. The Hall–Kier alpha value is -2.19. The van der Waals surface area contributed by atoms with Gasteiger partial charge in [-0.05, 0) is 24.3 Å². The molecule has 90 valence electrons. The molecule has 0 fully saturated rings. The average Bonchev–Trinajstić information content (AvgIpc) is 2.86. The number of anilines is 1. The number of nitriles is 1. The van der Waals surface area contributed by atoms with Crippen molar-refractivity contribution in [1.29, 1.82) is 5.26 Å². The second kappa shape index (κ2) is 5.43. The molecule has 0 atom stereocenters. The first-order chi connectivity index (χ1) is 8.69. The number of nitrogens with zero attached hydrogens (tertiary/aromatic N) is 4. The van der Waals surface area contributed by atoms with Gasteiger partial charge in [0, 0.05) is 20.3 Å². The third-order valence-corrected chi connectivity index (χ3v) is 3.39. The third kappa shape index (κ3) is 2.93. The molecule has 0 amide bonds. The maximum absolute atomic E-state index is 8.67. The van der Waals surface area contributed by atoms with Crippen LogP contribution in [0, 0.1) is 11.3 Å². The number of aromatic nitrogens is 2. The first-order valence-electron chi connectivity index (χ1n) is 5.36. The van der Waals surface area contributed by atoms with E-state index in [1.54, 1.807) is 23.6 Å². The van der Waals surface area contributed by atoms with E-state index in [9.17, 15) is 0 Å². The van der Waals surface area contributed by atoms with Gasteiger partial charge in [0.2, 0.25) is 0 Å². The zero-order valence-electron chi connectivity index (χ0n) is 10.2. The number of hydrogen-bond donors (Lipinski definition) is 0. The summed E-state index contributed by atoms with van der Waals surface area (Å²) in [7, 11) is 3.98. The smallest absolute Gasteiger partial charge is 0.118 e. The molecule has 0 bridgehead atoms. The zero-order valence-corrected chi connectivity index (χ0v) is 11.0. The van der Waals surface area contributed by atoms with E-state index in [1.807, 2.05) is 49.5 Å². The van der Waals surface area contributed by atoms with Gasteiger partial charge in [0.1, 0.15) is 16.1 Å². The quantitative estimate of drug-likeness (QED) is 0.847. The largest absolute Gasteiger partial charge is 0.368 e. The highest BCUT2D eigenvalue weighted by Gasteiger charge is 2.00. The molecule has 0 N–H and O–H groups in total. The van der Waals surface area contributed by atoms with Crippen LogP contribution in [0.5, 0.6) is 0 Å². The summed E-state index contributed by atoms with van der Waals surface area (Å²) in [4.78, 5) is 10.5. The lowest BCUT2D eigenvalue weighted by molar-refractivity contribution is 1.15. The molecule has 0 saturated heterocycles. The Morgan fingerprint density at radius 3 is 2.61 bits per heavy atom. The fraction of sp³-hybridized carbons (Fsp3) is 0.154. The second-order valence-corrected chi connectivity index (χ2v) is 4.89.